The average Bonchev–Trinajstić information content (AvgIpc) is 3.15. The van der Waals surface area contributed by atoms with Crippen LogP contribution in [-0.2, 0) is 12.0 Å². The molecule has 9 nitrogen and oxygen atoms in total. The van der Waals surface area contributed by atoms with Crippen molar-refractivity contribution in [3.63, 3.8) is 0 Å². The Morgan fingerprint density at radius 2 is 1.76 bits per heavy atom. The Morgan fingerprint density at radius 1 is 1.08 bits per heavy atom. The Balaban J connectivity index is 0.00000507. The number of benzene rings is 1. The van der Waals surface area contributed by atoms with E-state index in [0.29, 0.717) is 29.0 Å². The molecule has 2 heterocycles. The Morgan fingerprint density at radius 3 is 2.34 bits per heavy atom. The predicted octanol–water partition coefficient (Wildman–Crippen LogP) is 3.98. The number of aliphatic hydroxyl groups is 1. The summed E-state index contributed by atoms with van der Waals surface area (Å²) in [4.78, 5) is 17.1. The predicted molar refractivity (Wildman–Crippen MR) is 137 cm³/mol. The lowest BCUT2D eigenvalue weighted by molar-refractivity contribution is -0.118. The molecular formula is C25H33ClF3N5O4. The number of rotatable bonds is 9. The maximum atomic E-state index is 13.4. The van der Waals surface area contributed by atoms with E-state index in [-0.39, 0.29) is 54.7 Å². The highest BCUT2D eigenvalue weighted by Gasteiger charge is 2.27. The first-order valence-corrected chi connectivity index (χ1v) is 11.8. The number of aliphatic hydroxyl groups excluding tert-OH is 1. The largest absolute Gasteiger partial charge is 0.491 e. The molecule has 2 aromatic heterocycles. The molecule has 0 saturated carbocycles. The van der Waals surface area contributed by atoms with E-state index in [0.717, 1.165) is 10.2 Å². The summed E-state index contributed by atoms with van der Waals surface area (Å²) >= 11 is 0. The number of Topliss-reactive ketones (excluding diaryl/α,β-unsaturated/α-hetero) is 1. The minimum atomic E-state index is -4.56. The maximum absolute atomic E-state index is 13.4. The average molecular weight is 560 g/mol. The number of halogens is 4. The smallest absolute Gasteiger partial charge is 0.408 e. The fourth-order valence-electron chi connectivity index (χ4n) is 3.58. The second-order valence-electron chi connectivity index (χ2n) is 9.60. The summed E-state index contributed by atoms with van der Waals surface area (Å²) in [6, 6.07) is 5.05. The van der Waals surface area contributed by atoms with Gasteiger partial charge in [-0.3, -0.25) is 4.79 Å². The van der Waals surface area contributed by atoms with Crippen LogP contribution < -0.4 is 15.1 Å². The fourth-order valence-corrected chi connectivity index (χ4v) is 3.58. The van der Waals surface area contributed by atoms with E-state index < -0.39 is 18.5 Å². The number of aryl methyl sites for hydroxylation is 1. The van der Waals surface area contributed by atoms with E-state index in [1.807, 2.05) is 20.8 Å². The summed E-state index contributed by atoms with van der Waals surface area (Å²) in [6.45, 7) is 9.54. The van der Waals surface area contributed by atoms with Crippen LogP contribution in [0.1, 0.15) is 54.7 Å². The SMILES string of the molecule is CCOc1nn2c(=NCC(F)(F)F)n(CC(=O)c3cc(OCCO)cc(C(C)(C)C)c3)nc2c(C)c1C.Cl. The zero-order valence-electron chi connectivity index (χ0n) is 22.2. The van der Waals surface area contributed by atoms with Crippen LogP contribution in [0.4, 0.5) is 13.2 Å². The summed E-state index contributed by atoms with van der Waals surface area (Å²) in [6.07, 6.45) is -4.56. The summed E-state index contributed by atoms with van der Waals surface area (Å²) in [5, 5.41) is 17.8. The minimum absolute atomic E-state index is 0. The molecule has 38 heavy (non-hydrogen) atoms. The van der Waals surface area contributed by atoms with Crippen molar-refractivity contribution in [2.24, 2.45) is 4.99 Å². The summed E-state index contributed by atoms with van der Waals surface area (Å²) in [5.74, 6) is 0.243. The second kappa shape index (κ2) is 12.2. The quantitative estimate of drug-likeness (QED) is 0.398. The van der Waals surface area contributed by atoms with Gasteiger partial charge in [0.1, 0.15) is 25.4 Å². The van der Waals surface area contributed by atoms with Gasteiger partial charge in [-0.15, -0.1) is 22.6 Å². The molecule has 0 amide bonds. The van der Waals surface area contributed by atoms with E-state index in [9.17, 15) is 18.0 Å². The van der Waals surface area contributed by atoms with Gasteiger partial charge in [-0.25, -0.2) is 9.67 Å². The van der Waals surface area contributed by atoms with Gasteiger partial charge in [-0.05, 0) is 49.9 Å². The van der Waals surface area contributed by atoms with E-state index in [1.54, 1.807) is 32.9 Å². The topological polar surface area (TPSA) is 103 Å². The zero-order chi connectivity index (χ0) is 27.5. The first kappa shape index (κ1) is 31.1. The Labute approximate surface area is 224 Å². The summed E-state index contributed by atoms with van der Waals surface area (Å²) < 4.78 is 52.6. The van der Waals surface area contributed by atoms with Crippen molar-refractivity contribution in [2.45, 2.75) is 59.7 Å². The molecule has 0 aliphatic carbocycles. The van der Waals surface area contributed by atoms with Crippen molar-refractivity contribution < 1.29 is 32.5 Å². The van der Waals surface area contributed by atoms with Crippen molar-refractivity contribution in [1.82, 2.24) is 19.4 Å². The van der Waals surface area contributed by atoms with Gasteiger partial charge in [0.05, 0.1) is 13.2 Å². The van der Waals surface area contributed by atoms with Gasteiger partial charge < -0.3 is 14.6 Å². The van der Waals surface area contributed by atoms with Crippen LogP contribution in [-0.4, -0.2) is 62.8 Å². The van der Waals surface area contributed by atoms with Crippen LogP contribution in [0.15, 0.2) is 23.2 Å². The van der Waals surface area contributed by atoms with Gasteiger partial charge in [-0.2, -0.15) is 17.7 Å². The lowest BCUT2D eigenvalue weighted by Gasteiger charge is -2.21. The van der Waals surface area contributed by atoms with E-state index in [2.05, 4.69) is 15.2 Å². The lowest BCUT2D eigenvalue weighted by atomic mass is 9.85. The maximum Gasteiger partial charge on any atom is 0.408 e. The molecule has 0 atom stereocenters. The molecule has 1 aromatic carbocycles. The van der Waals surface area contributed by atoms with Crippen LogP contribution in [0.25, 0.3) is 5.65 Å². The van der Waals surface area contributed by atoms with Crippen LogP contribution in [0, 0.1) is 13.8 Å². The normalized spacial score (nSPS) is 12.5. The number of alkyl halides is 3. The summed E-state index contributed by atoms with van der Waals surface area (Å²) in [5.41, 5.74) is 2.17. The highest BCUT2D eigenvalue weighted by molar-refractivity contribution is 5.96. The van der Waals surface area contributed by atoms with Gasteiger partial charge in [0.15, 0.2) is 11.4 Å². The van der Waals surface area contributed by atoms with Crippen LogP contribution in [0.5, 0.6) is 11.6 Å². The monoisotopic (exact) mass is 559 g/mol. The van der Waals surface area contributed by atoms with Gasteiger partial charge in [-0.1, -0.05) is 20.8 Å². The van der Waals surface area contributed by atoms with Crippen molar-refractivity contribution in [1.29, 1.82) is 0 Å². The zero-order valence-corrected chi connectivity index (χ0v) is 23.0. The number of nitrogens with zero attached hydrogens (tertiary/aromatic N) is 5. The third-order valence-corrected chi connectivity index (χ3v) is 5.67. The summed E-state index contributed by atoms with van der Waals surface area (Å²) in [7, 11) is 0. The van der Waals surface area contributed by atoms with Crippen molar-refractivity contribution >= 4 is 23.8 Å². The standard InChI is InChI=1S/C25H32F3N5O4.ClH/c1-7-36-22-16(3)15(2)21-30-32(23(33(21)31-22)29-14-25(26,27)28)13-20(35)17-10-18(24(4,5)6)12-19(11-17)37-9-8-34;/h10-12,34H,7-9,13-14H2,1-6H3;1H. The van der Waals surface area contributed by atoms with Crippen LogP contribution in [0.3, 0.4) is 0 Å². The highest BCUT2D eigenvalue weighted by Crippen LogP contribution is 2.28. The molecule has 1 N–H and O–H groups in total. The minimum Gasteiger partial charge on any atom is -0.491 e. The number of hydrogen-bond donors (Lipinski definition) is 1. The number of fused-ring (bicyclic) bond motifs is 1. The molecule has 0 bridgehead atoms. The molecular weight excluding hydrogens is 527 g/mol. The Hall–Kier alpha value is -3.12. The first-order valence-electron chi connectivity index (χ1n) is 11.8. The molecule has 3 aromatic rings. The number of carbonyl (C=O) groups excluding carboxylic acids is 1. The van der Waals surface area contributed by atoms with Crippen molar-refractivity contribution in [3.05, 3.63) is 46.1 Å². The molecule has 3 rings (SSSR count). The van der Waals surface area contributed by atoms with Crippen LogP contribution in [0.2, 0.25) is 0 Å². The van der Waals surface area contributed by atoms with Gasteiger partial charge in [0.2, 0.25) is 11.5 Å². The number of ether oxygens (including phenoxy) is 2. The third kappa shape index (κ3) is 7.25. The van der Waals surface area contributed by atoms with E-state index >= 15 is 0 Å². The number of hydrogen-bond acceptors (Lipinski definition) is 7. The molecule has 0 aliphatic rings. The molecule has 210 valence electrons. The first-order chi connectivity index (χ1) is 17.2. The molecule has 0 radical (unpaired) electrons. The number of carbonyl (C=O) groups is 1. The van der Waals surface area contributed by atoms with E-state index in [1.165, 1.54) is 10.6 Å². The molecule has 0 saturated heterocycles. The number of aromatic nitrogens is 4. The molecule has 0 aliphatic heterocycles. The highest BCUT2D eigenvalue weighted by atomic mass is 35.5. The van der Waals surface area contributed by atoms with Crippen LogP contribution >= 0.6 is 12.4 Å². The Bertz CT molecular complexity index is 1360. The van der Waals surface area contributed by atoms with Gasteiger partial charge in [0.25, 0.3) is 0 Å². The Kier molecular flexibility index (Phi) is 9.95. The van der Waals surface area contributed by atoms with E-state index in [4.69, 9.17) is 14.6 Å². The second-order valence-corrected chi connectivity index (χ2v) is 9.60. The lowest BCUT2D eigenvalue weighted by Crippen LogP contribution is -2.30. The fraction of sp³-hybridized carbons (Fsp3) is 0.520. The molecule has 0 spiro atoms. The molecule has 0 unspecified atom stereocenters. The van der Waals surface area contributed by atoms with Crippen molar-refractivity contribution in [2.75, 3.05) is 26.4 Å². The van der Waals surface area contributed by atoms with Crippen molar-refractivity contribution in [3.8, 4) is 11.6 Å². The number of ketones is 1. The third-order valence-electron chi connectivity index (χ3n) is 5.67. The van der Waals surface area contributed by atoms with Gasteiger partial charge >= 0.3 is 6.18 Å². The van der Waals surface area contributed by atoms with Gasteiger partial charge in [0, 0.05) is 16.7 Å². The molecule has 13 heteroatoms. The molecule has 0 fully saturated rings.